The van der Waals surface area contributed by atoms with Gasteiger partial charge in [-0.15, -0.1) is 0 Å². The highest BCUT2D eigenvalue weighted by Gasteiger charge is 2.30. The van der Waals surface area contributed by atoms with E-state index in [1.54, 1.807) is 0 Å². The molecule has 142 valence electrons. The van der Waals surface area contributed by atoms with Crippen LogP contribution >= 0.6 is 0 Å². The van der Waals surface area contributed by atoms with Crippen LogP contribution in [0.25, 0.3) is 16.9 Å². The van der Waals surface area contributed by atoms with Gasteiger partial charge in [-0.3, -0.25) is 4.39 Å². The summed E-state index contributed by atoms with van der Waals surface area (Å²) in [7, 11) is 0. The number of nitrogens with zero attached hydrogens (tertiary/aromatic N) is 5. The number of hydrogen-bond acceptors (Lipinski definition) is 5. The maximum Gasteiger partial charge on any atom is 0.291 e. The van der Waals surface area contributed by atoms with E-state index in [-0.39, 0.29) is 12.6 Å². The maximum absolute atomic E-state index is 12.4. The number of halogens is 1. The van der Waals surface area contributed by atoms with Crippen molar-refractivity contribution in [3.63, 3.8) is 0 Å². The second-order valence-electron chi connectivity index (χ2n) is 7.68. The van der Waals surface area contributed by atoms with E-state index in [4.69, 9.17) is 9.62 Å². The Labute approximate surface area is 157 Å². The molecular formula is C20H24FN5O. The van der Waals surface area contributed by atoms with Crippen LogP contribution in [0.3, 0.4) is 0 Å². The fraction of sp³-hybridized carbons (Fsp3) is 0.550. The van der Waals surface area contributed by atoms with Gasteiger partial charge in [-0.1, -0.05) is 18.2 Å². The topological polar surface area (TPSA) is 60.0 Å². The summed E-state index contributed by atoms with van der Waals surface area (Å²) in [6, 6.07) is 8.26. The molecule has 2 aromatic heterocycles. The van der Waals surface area contributed by atoms with Gasteiger partial charge in [0.15, 0.2) is 0 Å². The molecular weight excluding hydrogens is 345 g/mol. The molecule has 3 heterocycles. The number of benzene rings is 1. The lowest BCUT2D eigenvalue weighted by atomic mass is 9.97. The summed E-state index contributed by atoms with van der Waals surface area (Å²) < 4.78 is 19.8. The Morgan fingerprint density at radius 3 is 2.67 bits per heavy atom. The molecule has 2 fully saturated rings. The van der Waals surface area contributed by atoms with Crippen LogP contribution in [0.15, 0.2) is 28.8 Å². The highest BCUT2D eigenvalue weighted by molar-refractivity contribution is 5.83. The number of aromatic nitrogens is 4. The average Bonchev–Trinajstić information content (AvgIpc) is 3.31. The SMILES string of the molecule is FCCCN1CCC(c2nc(-n3nc(C4CC4)c4ccccc43)no2)CC1. The normalized spacial score (nSPS) is 19.1. The number of piperidine rings is 1. The van der Waals surface area contributed by atoms with Crippen LogP contribution in [0, 0.1) is 0 Å². The second kappa shape index (κ2) is 7.03. The summed E-state index contributed by atoms with van der Waals surface area (Å²) in [5.41, 5.74) is 2.19. The molecule has 1 aromatic carbocycles. The summed E-state index contributed by atoms with van der Waals surface area (Å²) in [5.74, 6) is 2.06. The third-order valence-corrected chi connectivity index (χ3v) is 5.75. The second-order valence-corrected chi connectivity index (χ2v) is 7.68. The molecule has 0 radical (unpaired) electrons. The van der Waals surface area contributed by atoms with Crippen molar-refractivity contribution in [3.8, 4) is 5.95 Å². The van der Waals surface area contributed by atoms with E-state index in [9.17, 15) is 4.39 Å². The smallest absolute Gasteiger partial charge is 0.291 e. The van der Waals surface area contributed by atoms with Gasteiger partial charge in [-0.2, -0.15) is 14.8 Å². The molecule has 1 saturated carbocycles. The van der Waals surface area contributed by atoms with Crippen LogP contribution in [0.1, 0.15) is 55.5 Å². The fourth-order valence-electron chi connectivity index (χ4n) is 4.07. The predicted molar refractivity (Wildman–Crippen MR) is 99.9 cm³/mol. The lowest BCUT2D eigenvalue weighted by Gasteiger charge is -2.29. The van der Waals surface area contributed by atoms with Crippen LogP contribution in [0.4, 0.5) is 4.39 Å². The first kappa shape index (κ1) is 16.9. The monoisotopic (exact) mass is 369 g/mol. The van der Waals surface area contributed by atoms with E-state index in [0.29, 0.717) is 24.2 Å². The van der Waals surface area contributed by atoms with Crippen LogP contribution in [0.2, 0.25) is 0 Å². The molecule has 0 amide bonds. The number of alkyl halides is 1. The van der Waals surface area contributed by atoms with Gasteiger partial charge in [0.25, 0.3) is 5.95 Å². The molecule has 0 unspecified atom stereocenters. The molecule has 6 nitrogen and oxygen atoms in total. The predicted octanol–water partition coefficient (Wildman–Crippen LogP) is 3.82. The standard InChI is InChI=1S/C20H24FN5O/c21-10-3-11-25-12-8-15(9-13-25)19-22-20(24-27-19)26-17-5-2-1-4-16(17)18(23-26)14-6-7-14/h1-2,4-5,14-15H,3,6-13H2. The number of para-hydroxylation sites is 1. The van der Waals surface area contributed by atoms with Crippen molar-refractivity contribution in [3.05, 3.63) is 35.9 Å². The zero-order valence-electron chi connectivity index (χ0n) is 15.4. The Morgan fingerprint density at radius 1 is 1.07 bits per heavy atom. The van der Waals surface area contributed by atoms with E-state index in [1.165, 1.54) is 18.2 Å². The molecule has 27 heavy (non-hydrogen) atoms. The van der Waals surface area contributed by atoms with Crippen LogP contribution in [0.5, 0.6) is 0 Å². The Balaban J connectivity index is 1.37. The Hall–Kier alpha value is -2.28. The third-order valence-electron chi connectivity index (χ3n) is 5.75. The van der Waals surface area contributed by atoms with Gasteiger partial charge in [0.05, 0.1) is 17.9 Å². The molecule has 0 spiro atoms. The molecule has 0 N–H and O–H groups in total. The van der Waals surface area contributed by atoms with Gasteiger partial charge in [0.2, 0.25) is 5.89 Å². The van der Waals surface area contributed by atoms with Gasteiger partial charge >= 0.3 is 0 Å². The molecule has 2 aliphatic rings. The van der Waals surface area contributed by atoms with Gasteiger partial charge in [0.1, 0.15) is 0 Å². The minimum atomic E-state index is -0.242. The molecule has 1 saturated heterocycles. The molecule has 7 heteroatoms. The number of hydrogen-bond donors (Lipinski definition) is 0. The van der Waals surface area contributed by atoms with Crippen molar-refractivity contribution < 1.29 is 8.91 Å². The summed E-state index contributed by atoms with van der Waals surface area (Å²) in [6.07, 6.45) is 4.98. The average molecular weight is 369 g/mol. The van der Waals surface area contributed by atoms with Crippen molar-refractivity contribution in [1.82, 2.24) is 24.8 Å². The molecule has 5 rings (SSSR count). The molecule has 3 aromatic rings. The first-order valence-corrected chi connectivity index (χ1v) is 9.93. The largest absolute Gasteiger partial charge is 0.337 e. The van der Waals surface area contributed by atoms with Crippen LogP contribution in [-0.2, 0) is 0 Å². The van der Waals surface area contributed by atoms with E-state index in [2.05, 4.69) is 33.2 Å². The van der Waals surface area contributed by atoms with Gasteiger partial charge in [-0.25, -0.2) is 0 Å². The third kappa shape index (κ3) is 3.25. The van der Waals surface area contributed by atoms with Gasteiger partial charge < -0.3 is 9.42 Å². The lowest BCUT2D eigenvalue weighted by molar-refractivity contribution is 0.188. The zero-order chi connectivity index (χ0) is 18.2. The first-order valence-electron chi connectivity index (χ1n) is 9.93. The highest BCUT2D eigenvalue weighted by atomic mass is 19.1. The van der Waals surface area contributed by atoms with Crippen molar-refractivity contribution in [2.75, 3.05) is 26.3 Å². The van der Waals surface area contributed by atoms with E-state index in [1.807, 2.05) is 10.7 Å². The lowest BCUT2D eigenvalue weighted by Crippen LogP contribution is -2.34. The molecule has 0 atom stereocenters. The van der Waals surface area contributed by atoms with Crippen molar-refractivity contribution in [2.45, 2.75) is 43.9 Å². The summed E-state index contributed by atoms with van der Waals surface area (Å²) >= 11 is 0. The summed E-state index contributed by atoms with van der Waals surface area (Å²) in [5, 5.41) is 10.2. The molecule has 1 aliphatic heterocycles. The van der Waals surface area contributed by atoms with Crippen molar-refractivity contribution >= 4 is 10.9 Å². The van der Waals surface area contributed by atoms with E-state index < -0.39 is 0 Å². The van der Waals surface area contributed by atoms with Crippen LogP contribution < -0.4 is 0 Å². The fourth-order valence-corrected chi connectivity index (χ4v) is 4.07. The van der Waals surface area contributed by atoms with Crippen molar-refractivity contribution in [2.24, 2.45) is 0 Å². The van der Waals surface area contributed by atoms with Crippen LogP contribution in [-0.4, -0.2) is 51.1 Å². The minimum absolute atomic E-state index is 0.242. The zero-order valence-corrected chi connectivity index (χ0v) is 15.4. The maximum atomic E-state index is 12.4. The molecule has 0 bridgehead atoms. The van der Waals surface area contributed by atoms with Gasteiger partial charge in [0, 0.05) is 23.8 Å². The highest BCUT2D eigenvalue weighted by Crippen LogP contribution is 2.42. The van der Waals surface area contributed by atoms with E-state index in [0.717, 1.165) is 43.7 Å². The Kier molecular flexibility index (Phi) is 4.39. The Bertz CT molecular complexity index is 923. The summed E-state index contributed by atoms with van der Waals surface area (Å²) in [4.78, 5) is 6.99. The minimum Gasteiger partial charge on any atom is -0.337 e. The summed E-state index contributed by atoms with van der Waals surface area (Å²) in [6.45, 7) is 2.51. The van der Waals surface area contributed by atoms with E-state index >= 15 is 0 Å². The number of fused-ring (bicyclic) bond motifs is 1. The Morgan fingerprint density at radius 2 is 1.89 bits per heavy atom. The quantitative estimate of drug-likeness (QED) is 0.661. The first-order chi connectivity index (χ1) is 13.3. The number of rotatable bonds is 6. The van der Waals surface area contributed by atoms with Gasteiger partial charge in [-0.05, 0) is 56.4 Å². The van der Waals surface area contributed by atoms with Crippen molar-refractivity contribution in [1.29, 1.82) is 0 Å². The number of likely N-dealkylation sites (tertiary alicyclic amines) is 1. The molecule has 1 aliphatic carbocycles.